The minimum absolute atomic E-state index is 0.00620. The molecule has 0 radical (unpaired) electrons. The number of hydrogen-bond acceptors (Lipinski definition) is 6. The van der Waals surface area contributed by atoms with E-state index >= 15 is 0 Å². The molecule has 6 heteroatoms. The topological polar surface area (TPSA) is 65.8 Å². The van der Waals surface area contributed by atoms with Crippen molar-refractivity contribution in [2.45, 2.75) is 43.9 Å². The molecule has 2 aromatic rings. The molecule has 2 fully saturated rings. The summed E-state index contributed by atoms with van der Waals surface area (Å²) in [7, 11) is 1.66. The van der Waals surface area contributed by atoms with Gasteiger partial charge in [0.1, 0.15) is 5.75 Å². The fourth-order valence-electron chi connectivity index (χ4n) is 3.83. The maximum Gasteiger partial charge on any atom is 0.167 e. The van der Waals surface area contributed by atoms with Gasteiger partial charge in [-0.05, 0) is 49.9 Å². The van der Waals surface area contributed by atoms with Crippen molar-refractivity contribution in [2.75, 3.05) is 26.9 Å². The van der Waals surface area contributed by atoms with Crippen molar-refractivity contribution < 1.29 is 18.7 Å². The Balaban J connectivity index is 1.34. The zero-order valence-electron chi connectivity index (χ0n) is 15.2. The molecule has 4 rings (SSSR count). The van der Waals surface area contributed by atoms with Crippen LogP contribution < -0.4 is 10.1 Å². The Morgan fingerprint density at radius 3 is 2.77 bits per heavy atom. The lowest BCUT2D eigenvalue weighted by atomic mass is 9.84. The van der Waals surface area contributed by atoms with Crippen LogP contribution >= 0.6 is 0 Å². The van der Waals surface area contributed by atoms with Gasteiger partial charge in [-0.25, -0.2) is 0 Å². The molecule has 2 aliphatic rings. The maximum atomic E-state index is 6.11. The van der Waals surface area contributed by atoms with Crippen LogP contribution in [-0.4, -0.2) is 43.7 Å². The number of nitrogens with zero attached hydrogens (tertiary/aromatic N) is 1. The van der Waals surface area contributed by atoms with Crippen LogP contribution in [0.2, 0.25) is 0 Å². The Hall–Kier alpha value is -1.89. The van der Waals surface area contributed by atoms with Gasteiger partial charge in [0.25, 0.3) is 0 Å². The summed E-state index contributed by atoms with van der Waals surface area (Å²) in [5.41, 5.74) is 1.92. The normalized spacial score (nSPS) is 22.4. The molecular formula is C20H26N2O4. The molecule has 0 unspecified atom stereocenters. The van der Waals surface area contributed by atoms with Crippen LogP contribution in [0, 0.1) is 0 Å². The van der Waals surface area contributed by atoms with Gasteiger partial charge < -0.3 is 24.1 Å². The first-order chi connectivity index (χ1) is 12.8. The smallest absolute Gasteiger partial charge is 0.167 e. The highest BCUT2D eigenvalue weighted by atomic mass is 16.5. The van der Waals surface area contributed by atoms with Crippen molar-refractivity contribution in [3.8, 4) is 17.1 Å². The number of nitrogens with one attached hydrogen (secondary N) is 1. The maximum absolute atomic E-state index is 6.11. The fourth-order valence-corrected chi connectivity index (χ4v) is 3.83. The van der Waals surface area contributed by atoms with E-state index in [2.05, 4.69) is 10.5 Å². The molecule has 6 nitrogen and oxygen atoms in total. The number of rotatable bonds is 5. The van der Waals surface area contributed by atoms with E-state index in [4.69, 9.17) is 18.7 Å². The predicted molar refractivity (Wildman–Crippen MR) is 97.1 cm³/mol. The van der Waals surface area contributed by atoms with Gasteiger partial charge in [0.05, 0.1) is 18.4 Å². The number of benzene rings is 1. The summed E-state index contributed by atoms with van der Waals surface area (Å²) in [5, 5.41) is 7.83. The second kappa shape index (κ2) is 7.78. The summed E-state index contributed by atoms with van der Waals surface area (Å²) in [6, 6.07) is 10.2. The van der Waals surface area contributed by atoms with Crippen molar-refractivity contribution in [1.29, 1.82) is 0 Å². The molecule has 2 aliphatic heterocycles. The molecule has 1 aromatic heterocycles. The minimum atomic E-state index is 0.00620. The van der Waals surface area contributed by atoms with Crippen molar-refractivity contribution in [1.82, 2.24) is 10.5 Å². The summed E-state index contributed by atoms with van der Waals surface area (Å²) in [4.78, 5) is 0. The van der Waals surface area contributed by atoms with Gasteiger partial charge in [-0.15, -0.1) is 0 Å². The van der Waals surface area contributed by atoms with Crippen LogP contribution in [0.5, 0.6) is 5.75 Å². The fraction of sp³-hybridized carbons (Fsp3) is 0.550. The Labute approximate surface area is 153 Å². The molecule has 0 saturated carbocycles. The molecule has 2 saturated heterocycles. The zero-order chi connectivity index (χ0) is 17.8. The van der Waals surface area contributed by atoms with E-state index in [1.54, 1.807) is 7.11 Å². The third-order valence-corrected chi connectivity index (χ3v) is 5.40. The number of hydrogen-bond donors (Lipinski definition) is 1. The highest BCUT2D eigenvalue weighted by Gasteiger charge is 2.38. The molecular weight excluding hydrogens is 332 g/mol. The summed E-state index contributed by atoms with van der Waals surface area (Å²) in [5.74, 6) is 1.61. The Kier molecular flexibility index (Phi) is 5.24. The second-order valence-electron chi connectivity index (χ2n) is 7.13. The van der Waals surface area contributed by atoms with Gasteiger partial charge >= 0.3 is 0 Å². The monoisotopic (exact) mass is 358 g/mol. The molecule has 1 N–H and O–H groups in total. The Morgan fingerprint density at radius 2 is 2.00 bits per heavy atom. The van der Waals surface area contributed by atoms with Crippen LogP contribution in [-0.2, 0) is 16.0 Å². The SMILES string of the molecule is COc1ccc(-c2cc(CN[C@@H]3CCOC4(CCOCC4)C3)no2)cc1. The average molecular weight is 358 g/mol. The van der Waals surface area contributed by atoms with Crippen molar-refractivity contribution in [3.63, 3.8) is 0 Å². The van der Waals surface area contributed by atoms with Gasteiger partial charge in [-0.1, -0.05) is 5.16 Å². The first-order valence-electron chi connectivity index (χ1n) is 9.31. The number of ether oxygens (including phenoxy) is 3. The third kappa shape index (κ3) is 3.92. The van der Waals surface area contributed by atoms with Crippen molar-refractivity contribution in [2.24, 2.45) is 0 Å². The highest BCUT2D eigenvalue weighted by Crippen LogP contribution is 2.34. The third-order valence-electron chi connectivity index (χ3n) is 5.40. The second-order valence-corrected chi connectivity index (χ2v) is 7.13. The van der Waals surface area contributed by atoms with E-state index in [9.17, 15) is 0 Å². The van der Waals surface area contributed by atoms with Crippen LogP contribution in [0.4, 0.5) is 0 Å². The zero-order valence-corrected chi connectivity index (χ0v) is 15.2. The van der Waals surface area contributed by atoms with Crippen LogP contribution in [0.25, 0.3) is 11.3 Å². The highest BCUT2D eigenvalue weighted by molar-refractivity contribution is 5.58. The summed E-state index contributed by atoms with van der Waals surface area (Å²) >= 11 is 0. The quantitative estimate of drug-likeness (QED) is 0.886. The molecule has 3 heterocycles. The van der Waals surface area contributed by atoms with Crippen LogP contribution in [0.3, 0.4) is 0 Å². The van der Waals surface area contributed by atoms with Gasteiger partial charge in [-0.3, -0.25) is 0 Å². The number of methoxy groups -OCH3 is 1. The largest absolute Gasteiger partial charge is 0.497 e. The van der Waals surface area contributed by atoms with Gasteiger partial charge in [0.15, 0.2) is 5.76 Å². The molecule has 0 amide bonds. The standard InChI is InChI=1S/C20H26N2O4/c1-23-18-4-2-15(3-5-18)19-12-17(22-26-19)14-21-16-6-9-25-20(13-16)7-10-24-11-8-20/h2-5,12,16,21H,6-11,13-14H2,1H3/t16-/m1/s1. The first kappa shape index (κ1) is 17.5. The van der Waals surface area contributed by atoms with Crippen LogP contribution in [0.15, 0.2) is 34.9 Å². The summed E-state index contributed by atoms with van der Waals surface area (Å²) in [6.45, 7) is 3.13. The van der Waals surface area contributed by atoms with Gasteiger partial charge in [0.2, 0.25) is 0 Å². The van der Waals surface area contributed by atoms with E-state index < -0.39 is 0 Å². The van der Waals surface area contributed by atoms with Crippen molar-refractivity contribution in [3.05, 3.63) is 36.0 Å². The van der Waals surface area contributed by atoms with Crippen molar-refractivity contribution >= 4 is 0 Å². The van der Waals surface area contributed by atoms with Crippen LogP contribution in [0.1, 0.15) is 31.4 Å². The lowest BCUT2D eigenvalue weighted by molar-refractivity contribution is -0.140. The molecule has 26 heavy (non-hydrogen) atoms. The molecule has 140 valence electrons. The summed E-state index contributed by atoms with van der Waals surface area (Å²) < 4.78 is 22.3. The van der Waals surface area contributed by atoms with E-state index in [-0.39, 0.29) is 5.60 Å². The number of aromatic nitrogens is 1. The van der Waals surface area contributed by atoms with Gasteiger partial charge in [-0.2, -0.15) is 0 Å². The molecule has 0 bridgehead atoms. The van der Waals surface area contributed by atoms with E-state index in [1.807, 2.05) is 30.3 Å². The predicted octanol–water partition coefficient (Wildman–Crippen LogP) is 3.17. The molecule has 1 aromatic carbocycles. The Bertz CT molecular complexity index is 701. The van der Waals surface area contributed by atoms with Gasteiger partial charge in [0, 0.05) is 44.0 Å². The lowest BCUT2D eigenvalue weighted by Crippen LogP contribution is -2.49. The minimum Gasteiger partial charge on any atom is -0.497 e. The molecule has 1 spiro atoms. The van der Waals surface area contributed by atoms with E-state index in [0.29, 0.717) is 12.6 Å². The Morgan fingerprint density at radius 1 is 1.19 bits per heavy atom. The van der Waals surface area contributed by atoms with E-state index in [0.717, 1.165) is 68.3 Å². The average Bonchev–Trinajstić information content (AvgIpc) is 3.16. The molecule has 1 atom stereocenters. The lowest BCUT2D eigenvalue weighted by Gasteiger charge is -2.43. The summed E-state index contributed by atoms with van der Waals surface area (Å²) in [6.07, 6.45) is 4.07. The van der Waals surface area contributed by atoms with E-state index in [1.165, 1.54) is 0 Å². The first-order valence-corrected chi connectivity index (χ1v) is 9.31. The molecule has 0 aliphatic carbocycles.